The summed E-state index contributed by atoms with van der Waals surface area (Å²) in [7, 11) is -4.25. The normalized spacial score (nSPS) is 11.4. The van der Waals surface area contributed by atoms with Gasteiger partial charge in [0, 0.05) is 5.69 Å². The van der Waals surface area contributed by atoms with Crippen LogP contribution < -0.4 is 10.5 Å². The Bertz CT molecular complexity index is 561. The highest BCUT2D eigenvalue weighted by atomic mass is 79.9. The highest BCUT2D eigenvalue weighted by Gasteiger charge is 2.22. The number of aliphatic carboxylic acids is 1. The number of nitrogens with one attached hydrogen (secondary N) is 1. The molecule has 0 saturated heterocycles. The quantitative estimate of drug-likeness (QED) is 0.699. The molecule has 0 radical (unpaired) electrons. The number of hydrogen-bond acceptors (Lipinski definition) is 4. The Balaban J connectivity index is 3.19. The number of carboxylic acids is 1. The fourth-order valence-electron chi connectivity index (χ4n) is 1.01. The number of benzene rings is 1. The van der Waals surface area contributed by atoms with E-state index in [4.69, 9.17) is 10.8 Å². The highest BCUT2D eigenvalue weighted by Crippen LogP contribution is 2.25. The molecule has 0 aromatic heterocycles. The molecule has 0 aliphatic rings. The predicted molar refractivity (Wildman–Crippen MR) is 61.3 cm³/mol. The smallest absolute Gasteiger partial charge is 0.318 e. The molecule has 0 amide bonds. The van der Waals surface area contributed by atoms with Crippen LogP contribution in [0.4, 0.5) is 10.1 Å². The summed E-state index contributed by atoms with van der Waals surface area (Å²) in [6.45, 7) is -0.839. The standard InChI is InChI=1S/C8H8BrFN2O4S/c9-5-1-4(11)2-6(8(5)10)17(15,16)12-3-7(13)14/h1-2,12H,3,11H2,(H,13,14). The van der Waals surface area contributed by atoms with E-state index in [1.54, 1.807) is 4.72 Å². The second-order valence-corrected chi connectivity index (χ2v) is 5.62. The van der Waals surface area contributed by atoms with Crippen molar-refractivity contribution in [1.29, 1.82) is 0 Å². The van der Waals surface area contributed by atoms with Crippen LogP contribution in [0.2, 0.25) is 0 Å². The number of nitrogens with two attached hydrogens (primary N) is 1. The lowest BCUT2D eigenvalue weighted by Crippen LogP contribution is -2.30. The molecule has 1 rings (SSSR count). The van der Waals surface area contributed by atoms with Gasteiger partial charge in [0.2, 0.25) is 10.0 Å². The molecule has 0 aliphatic heterocycles. The fourth-order valence-corrected chi connectivity index (χ4v) is 2.73. The number of carbonyl (C=O) groups is 1. The first-order valence-electron chi connectivity index (χ1n) is 4.20. The maximum atomic E-state index is 13.5. The van der Waals surface area contributed by atoms with Crippen LogP contribution in [0.1, 0.15) is 0 Å². The molecule has 0 aliphatic carbocycles. The number of halogens is 2. The molecule has 0 saturated carbocycles. The summed E-state index contributed by atoms with van der Waals surface area (Å²) >= 11 is 2.81. The van der Waals surface area contributed by atoms with E-state index in [-0.39, 0.29) is 10.2 Å². The van der Waals surface area contributed by atoms with Crippen molar-refractivity contribution in [3.63, 3.8) is 0 Å². The molecule has 0 unspecified atom stereocenters. The number of nitrogen functional groups attached to an aromatic ring is 1. The van der Waals surface area contributed by atoms with Crippen LogP contribution in [0.15, 0.2) is 21.5 Å². The molecule has 4 N–H and O–H groups in total. The first-order valence-corrected chi connectivity index (χ1v) is 6.47. The minimum Gasteiger partial charge on any atom is -0.480 e. The molecule has 6 nitrogen and oxygen atoms in total. The fraction of sp³-hybridized carbons (Fsp3) is 0.125. The van der Waals surface area contributed by atoms with E-state index in [9.17, 15) is 17.6 Å². The maximum Gasteiger partial charge on any atom is 0.318 e. The van der Waals surface area contributed by atoms with Gasteiger partial charge in [0.25, 0.3) is 0 Å². The molecular weight excluding hydrogens is 319 g/mol. The van der Waals surface area contributed by atoms with Gasteiger partial charge in [-0.15, -0.1) is 0 Å². The van der Waals surface area contributed by atoms with Gasteiger partial charge in [0.05, 0.1) is 4.47 Å². The summed E-state index contributed by atoms with van der Waals surface area (Å²) in [6, 6.07) is 2.11. The Morgan fingerprint density at radius 3 is 2.65 bits per heavy atom. The van der Waals surface area contributed by atoms with Gasteiger partial charge in [-0.05, 0) is 28.1 Å². The van der Waals surface area contributed by atoms with Crippen LogP contribution in [0.25, 0.3) is 0 Å². The summed E-state index contributed by atoms with van der Waals surface area (Å²) in [4.78, 5) is 9.54. The van der Waals surface area contributed by atoms with Crippen molar-refractivity contribution in [3.8, 4) is 0 Å². The lowest BCUT2D eigenvalue weighted by molar-refractivity contribution is -0.135. The maximum absolute atomic E-state index is 13.5. The summed E-state index contributed by atoms with van der Waals surface area (Å²) in [5.41, 5.74) is 5.41. The number of rotatable bonds is 4. The van der Waals surface area contributed by atoms with Crippen LogP contribution in [0.3, 0.4) is 0 Å². The number of carboxylic acid groups (broad SMARTS) is 1. The van der Waals surface area contributed by atoms with Gasteiger partial charge in [0.15, 0.2) is 5.82 Å². The lowest BCUT2D eigenvalue weighted by Gasteiger charge is -2.08. The first kappa shape index (κ1) is 13.9. The SMILES string of the molecule is Nc1cc(Br)c(F)c(S(=O)(=O)NCC(=O)O)c1. The van der Waals surface area contributed by atoms with Crippen molar-refractivity contribution in [3.05, 3.63) is 22.4 Å². The van der Waals surface area contributed by atoms with Gasteiger partial charge < -0.3 is 10.8 Å². The van der Waals surface area contributed by atoms with E-state index in [1.165, 1.54) is 6.07 Å². The van der Waals surface area contributed by atoms with Crippen molar-refractivity contribution in [1.82, 2.24) is 4.72 Å². The average Bonchev–Trinajstić information content (AvgIpc) is 2.20. The monoisotopic (exact) mass is 326 g/mol. The number of hydrogen-bond donors (Lipinski definition) is 3. The average molecular weight is 327 g/mol. The summed E-state index contributed by atoms with van der Waals surface area (Å²) < 4.78 is 38.3. The predicted octanol–water partition coefficient (Wildman–Crippen LogP) is 0.533. The zero-order valence-corrected chi connectivity index (χ0v) is 10.7. The molecule has 0 spiro atoms. The van der Waals surface area contributed by atoms with E-state index in [0.717, 1.165) is 6.07 Å². The van der Waals surface area contributed by atoms with Gasteiger partial charge >= 0.3 is 5.97 Å². The number of sulfonamides is 1. The van der Waals surface area contributed by atoms with Gasteiger partial charge in [-0.2, -0.15) is 4.72 Å². The Labute approximate surface area is 105 Å². The van der Waals surface area contributed by atoms with Gasteiger partial charge in [-0.3, -0.25) is 4.79 Å². The minimum atomic E-state index is -4.25. The third-order valence-electron chi connectivity index (χ3n) is 1.72. The Morgan fingerprint density at radius 2 is 2.12 bits per heavy atom. The Hall–Kier alpha value is -1.19. The third-order valence-corrected chi connectivity index (χ3v) is 3.70. The highest BCUT2D eigenvalue weighted by molar-refractivity contribution is 9.10. The lowest BCUT2D eigenvalue weighted by atomic mass is 10.3. The largest absolute Gasteiger partial charge is 0.480 e. The van der Waals surface area contributed by atoms with Crippen LogP contribution in [0.5, 0.6) is 0 Å². The van der Waals surface area contributed by atoms with Crippen LogP contribution >= 0.6 is 15.9 Å². The Kier molecular flexibility index (Phi) is 4.07. The van der Waals surface area contributed by atoms with Crippen molar-refractivity contribution in [2.24, 2.45) is 0 Å². The zero-order valence-electron chi connectivity index (χ0n) is 8.28. The van der Waals surface area contributed by atoms with Crippen molar-refractivity contribution in [2.45, 2.75) is 4.90 Å². The molecule has 0 bridgehead atoms. The minimum absolute atomic E-state index is 0.0361. The van der Waals surface area contributed by atoms with Crippen molar-refractivity contribution in [2.75, 3.05) is 12.3 Å². The summed E-state index contributed by atoms with van der Waals surface area (Å²) in [5, 5.41) is 8.35. The van der Waals surface area contributed by atoms with E-state index in [0.29, 0.717) is 0 Å². The third kappa shape index (κ3) is 3.38. The second-order valence-electron chi connectivity index (χ2n) is 3.03. The van der Waals surface area contributed by atoms with Gasteiger partial charge in [-0.1, -0.05) is 0 Å². The molecule has 17 heavy (non-hydrogen) atoms. The molecule has 0 atom stereocenters. The van der Waals surface area contributed by atoms with E-state index in [2.05, 4.69) is 15.9 Å². The van der Waals surface area contributed by atoms with Gasteiger partial charge in [-0.25, -0.2) is 12.8 Å². The molecular formula is C8H8BrFN2O4S. The number of anilines is 1. The molecule has 94 valence electrons. The summed E-state index contributed by atoms with van der Waals surface area (Å²) in [6.07, 6.45) is 0. The van der Waals surface area contributed by atoms with Gasteiger partial charge in [0.1, 0.15) is 11.4 Å². The topological polar surface area (TPSA) is 109 Å². The van der Waals surface area contributed by atoms with Crippen molar-refractivity contribution < 1.29 is 22.7 Å². The molecule has 0 fully saturated rings. The molecule has 1 aromatic rings. The second kappa shape index (κ2) is 4.98. The zero-order chi connectivity index (χ0) is 13.2. The van der Waals surface area contributed by atoms with Crippen LogP contribution in [-0.2, 0) is 14.8 Å². The molecule has 0 heterocycles. The van der Waals surface area contributed by atoms with E-state index < -0.39 is 33.3 Å². The first-order chi connectivity index (χ1) is 7.74. The molecule has 9 heteroatoms. The van der Waals surface area contributed by atoms with E-state index >= 15 is 0 Å². The van der Waals surface area contributed by atoms with Crippen LogP contribution in [-0.4, -0.2) is 26.0 Å². The molecule has 1 aromatic carbocycles. The summed E-state index contributed by atoms with van der Waals surface area (Å²) in [5.74, 6) is -2.41. The Morgan fingerprint density at radius 1 is 1.53 bits per heavy atom. The van der Waals surface area contributed by atoms with Crippen molar-refractivity contribution >= 4 is 37.6 Å². The van der Waals surface area contributed by atoms with Crippen LogP contribution in [0, 0.1) is 5.82 Å². The van der Waals surface area contributed by atoms with E-state index in [1.807, 2.05) is 0 Å².